The van der Waals surface area contributed by atoms with Gasteiger partial charge in [0, 0.05) is 38.4 Å². The number of aromatic nitrogens is 2. The molecule has 1 aromatic heterocycles. The molecule has 0 aliphatic carbocycles. The van der Waals surface area contributed by atoms with Gasteiger partial charge in [-0.2, -0.15) is 4.98 Å². The SMILES string of the molecule is COc1ccnc(N2CCN(C(=O)C3CCCN3C)CC2)n1. The number of amides is 1. The summed E-state index contributed by atoms with van der Waals surface area (Å²) in [6.07, 6.45) is 3.80. The Kier molecular flexibility index (Phi) is 4.42. The van der Waals surface area contributed by atoms with Gasteiger partial charge in [-0.3, -0.25) is 9.69 Å². The Labute approximate surface area is 130 Å². The normalized spacial score (nSPS) is 22.9. The zero-order valence-electron chi connectivity index (χ0n) is 13.2. The van der Waals surface area contributed by atoms with E-state index < -0.39 is 0 Å². The van der Waals surface area contributed by atoms with Crippen LogP contribution in [0.15, 0.2) is 12.3 Å². The highest BCUT2D eigenvalue weighted by atomic mass is 16.5. The molecule has 0 N–H and O–H groups in total. The monoisotopic (exact) mass is 305 g/mol. The average Bonchev–Trinajstić information content (AvgIpc) is 3.00. The molecule has 0 radical (unpaired) electrons. The van der Waals surface area contributed by atoms with Crippen LogP contribution in [0.1, 0.15) is 12.8 Å². The minimum absolute atomic E-state index is 0.0691. The van der Waals surface area contributed by atoms with E-state index in [2.05, 4.69) is 19.8 Å². The molecule has 1 unspecified atom stereocenters. The lowest BCUT2D eigenvalue weighted by atomic mass is 10.2. The summed E-state index contributed by atoms with van der Waals surface area (Å²) in [5.41, 5.74) is 0. The van der Waals surface area contributed by atoms with Crippen molar-refractivity contribution >= 4 is 11.9 Å². The lowest BCUT2D eigenvalue weighted by Crippen LogP contribution is -2.53. The van der Waals surface area contributed by atoms with Crippen molar-refractivity contribution in [2.75, 3.05) is 51.8 Å². The van der Waals surface area contributed by atoms with E-state index in [1.54, 1.807) is 19.4 Å². The molecule has 7 heteroatoms. The molecule has 1 atom stereocenters. The third kappa shape index (κ3) is 2.99. The first-order chi connectivity index (χ1) is 10.7. The largest absolute Gasteiger partial charge is 0.481 e. The third-order valence-corrected chi connectivity index (χ3v) is 4.51. The number of ether oxygens (including phenoxy) is 1. The van der Waals surface area contributed by atoms with Crippen LogP contribution in [-0.2, 0) is 4.79 Å². The van der Waals surface area contributed by atoms with Gasteiger partial charge in [0.05, 0.1) is 13.2 Å². The van der Waals surface area contributed by atoms with Crippen molar-refractivity contribution in [3.63, 3.8) is 0 Å². The Balaban J connectivity index is 1.59. The van der Waals surface area contributed by atoms with Crippen molar-refractivity contribution in [2.45, 2.75) is 18.9 Å². The van der Waals surface area contributed by atoms with E-state index >= 15 is 0 Å². The van der Waals surface area contributed by atoms with E-state index in [4.69, 9.17) is 4.74 Å². The molecule has 1 amide bonds. The molecule has 2 aliphatic heterocycles. The first-order valence-electron chi connectivity index (χ1n) is 7.80. The average molecular weight is 305 g/mol. The summed E-state index contributed by atoms with van der Waals surface area (Å²) in [5, 5.41) is 0. The maximum atomic E-state index is 12.6. The Morgan fingerprint density at radius 2 is 2.05 bits per heavy atom. The van der Waals surface area contributed by atoms with Gasteiger partial charge in [0.25, 0.3) is 0 Å². The van der Waals surface area contributed by atoms with Crippen molar-refractivity contribution < 1.29 is 9.53 Å². The molecule has 120 valence electrons. The standard InChI is InChI=1S/C15H23N5O2/c1-18-7-3-4-12(18)14(21)19-8-10-20(11-9-19)15-16-6-5-13(17-15)22-2/h5-6,12H,3-4,7-11H2,1-2H3. The second-order valence-corrected chi connectivity index (χ2v) is 5.85. The Hall–Kier alpha value is -1.89. The second-order valence-electron chi connectivity index (χ2n) is 5.85. The number of carbonyl (C=O) groups is 1. The Bertz CT molecular complexity index is 530. The van der Waals surface area contributed by atoms with Gasteiger partial charge in [-0.25, -0.2) is 4.98 Å². The molecule has 0 saturated carbocycles. The molecule has 22 heavy (non-hydrogen) atoms. The fraction of sp³-hybridized carbons (Fsp3) is 0.667. The molecular weight excluding hydrogens is 282 g/mol. The fourth-order valence-corrected chi connectivity index (χ4v) is 3.16. The highest BCUT2D eigenvalue weighted by molar-refractivity contribution is 5.82. The van der Waals surface area contributed by atoms with Crippen molar-refractivity contribution in [1.29, 1.82) is 0 Å². The van der Waals surface area contributed by atoms with Crippen LogP contribution in [0.4, 0.5) is 5.95 Å². The first-order valence-corrected chi connectivity index (χ1v) is 7.80. The second kappa shape index (κ2) is 6.48. The van der Waals surface area contributed by atoms with Gasteiger partial charge in [-0.1, -0.05) is 0 Å². The lowest BCUT2D eigenvalue weighted by Gasteiger charge is -2.36. The van der Waals surface area contributed by atoms with Gasteiger partial charge in [-0.15, -0.1) is 0 Å². The minimum atomic E-state index is 0.0691. The van der Waals surface area contributed by atoms with Crippen molar-refractivity contribution in [3.05, 3.63) is 12.3 Å². The van der Waals surface area contributed by atoms with Crippen LogP contribution in [0, 0.1) is 0 Å². The molecule has 7 nitrogen and oxygen atoms in total. The van der Waals surface area contributed by atoms with E-state index in [9.17, 15) is 4.79 Å². The van der Waals surface area contributed by atoms with Gasteiger partial charge < -0.3 is 14.5 Å². The number of likely N-dealkylation sites (N-methyl/N-ethyl adjacent to an activating group) is 1. The number of rotatable bonds is 3. The Morgan fingerprint density at radius 1 is 1.27 bits per heavy atom. The van der Waals surface area contributed by atoms with Crippen molar-refractivity contribution in [2.24, 2.45) is 0 Å². The quantitative estimate of drug-likeness (QED) is 0.796. The molecule has 0 bridgehead atoms. The highest BCUT2D eigenvalue weighted by Crippen LogP contribution is 2.19. The van der Waals surface area contributed by atoms with Crippen LogP contribution >= 0.6 is 0 Å². The molecule has 2 fully saturated rings. The molecule has 3 heterocycles. The zero-order valence-corrected chi connectivity index (χ0v) is 13.2. The van der Waals surface area contributed by atoms with Crippen molar-refractivity contribution in [3.8, 4) is 5.88 Å². The van der Waals surface area contributed by atoms with Crippen molar-refractivity contribution in [1.82, 2.24) is 19.8 Å². The zero-order chi connectivity index (χ0) is 15.5. The number of anilines is 1. The number of methoxy groups -OCH3 is 1. The Morgan fingerprint density at radius 3 is 2.68 bits per heavy atom. The molecule has 2 saturated heterocycles. The summed E-state index contributed by atoms with van der Waals surface area (Å²) < 4.78 is 5.14. The number of carbonyl (C=O) groups excluding carboxylic acids is 1. The van der Waals surface area contributed by atoms with Crippen LogP contribution in [0.5, 0.6) is 5.88 Å². The van der Waals surface area contributed by atoms with Gasteiger partial charge in [0.2, 0.25) is 17.7 Å². The predicted octanol–water partition coefficient (Wildman–Crippen LogP) is 0.228. The topological polar surface area (TPSA) is 61.8 Å². The lowest BCUT2D eigenvalue weighted by molar-refractivity contribution is -0.135. The van der Waals surface area contributed by atoms with E-state index in [1.807, 2.05) is 11.9 Å². The summed E-state index contributed by atoms with van der Waals surface area (Å²) in [5.74, 6) is 1.51. The van der Waals surface area contributed by atoms with Crippen LogP contribution in [0.3, 0.4) is 0 Å². The highest BCUT2D eigenvalue weighted by Gasteiger charge is 2.33. The van der Waals surface area contributed by atoms with E-state index in [1.165, 1.54) is 0 Å². The first kappa shape index (κ1) is 15.0. The van der Waals surface area contributed by atoms with Crippen LogP contribution in [-0.4, -0.2) is 78.6 Å². The minimum Gasteiger partial charge on any atom is -0.481 e. The molecule has 0 spiro atoms. The summed E-state index contributed by atoms with van der Waals surface area (Å²) >= 11 is 0. The maximum absolute atomic E-state index is 12.6. The number of hydrogen-bond donors (Lipinski definition) is 0. The van der Waals surface area contributed by atoms with Crippen LogP contribution in [0.25, 0.3) is 0 Å². The van der Waals surface area contributed by atoms with Gasteiger partial charge >= 0.3 is 0 Å². The summed E-state index contributed by atoms with van der Waals surface area (Å²) in [6, 6.07) is 1.80. The van der Waals surface area contributed by atoms with Gasteiger partial charge in [0.15, 0.2) is 0 Å². The molecule has 2 aliphatic rings. The molecule has 1 aromatic rings. The molecule has 3 rings (SSSR count). The van der Waals surface area contributed by atoms with E-state index in [-0.39, 0.29) is 11.9 Å². The van der Waals surface area contributed by atoms with E-state index in [0.717, 1.165) is 45.6 Å². The number of piperazine rings is 1. The number of hydrogen-bond acceptors (Lipinski definition) is 6. The van der Waals surface area contributed by atoms with Gasteiger partial charge in [0.1, 0.15) is 0 Å². The number of likely N-dealkylation sites (tertiary alicyclic amines) is 1. The summed E-state index contributed by atoms with van der Waals surface area (Å²) in [6.45, 7) is 3.99. The molecular formula is C15H23N5O2. The smallest absolute Gasteiger partial charge is 0.240 e. The summed E-state index contributed by atoms with van der Waals surface area (Å²) in [4.78, 5) is 27.5. The van der Waals surface area contributed by atoms with Crippen LogP contribution in [0.2, 0.25) is 0 Å². The fourth-order valence-electron chi connectivity index (χ4n) is 3.16. The summed E-state index contributed by atoms with van der Waals surface area (Å²) in [7, 11) is 3.64. The number of nitrogens with zero attached hydrogens (tertiary/aromatic N) is 5. The van der Waals surface area contributed by atoms with Gasteiger partial charge in [-0.05, 0) is 26.4 Å². The molecule has 0 aromatic carbocycles. The predicted molar refractivity (Wildman–Crippen MR) is 83.0 cm³/mol. The van der Waals surface area contributed by atoms with E-state index in [0.29, 0.717) is 11.8 Å². The van der Waals surface area contributed by atoms with Crippen LogP contribution < -0.4 is 9.64 Å². The maximum Gasteiger partial charge on any atom is 0.240 e. The third-order valence-electron chi connectivity index (χ3n) is 4.51.